The van der Waals surface area contributed by atoms with E-state index in [0.717, 1.165) is 26.1 Å². The van der Waals surface area contributed by atoms with Crippen molar-refractivity contribution in [3.8, 4) is 0 Å². The van der Waals surface area contributed by atoms with Gasteiger partial charge >= 0.3 is 11.9 Å². The Morgan fingerprint density at radius 1 is 0.880 bits per heavy atom. The van der Waals surface area contributed by atoms with E-state index in [1.807, 2.05) is 48.5 Å². The normalized spacial score (nSPS) is 11.6. The average Bonchev–Trinajstić information content (AvgIpc) is 2.55. The third-order valence-corrected chi connectivity index (χ3v) is 5.36. The van der Waals surface area contributed by atoms with Gasteiger partial charge in [0.1, 0.15) is 0 Å². The van der Waals surface area contributed by atoms with Crippen molar-refractivity contribution < 1.29 is 19.8 Å². The highest BCUT2D eigenvalue weighted by Gasteiger charge is 2.24. The molecule has 0 radical (unpaired) electrons. The van der Waals surface area contributed by atoms with Crippen molar-refractivity contribution in [1.82, 2.24) is 0 Å². The zero-order chi connectivity index (χ0) is 18.4. The molecule has 2 rings (SSSR count). The number of benzene rings is 2. The molecule has 0 fully saturated rings. The summed E-state index contributed by atoms with van der Waals surface area (Å²) in [4.78, 5) is 22.8. The Balaban J connectivity index is 2.43. The summed E-state index contributed by atoms with van der Waals surface area (Å²) in [5.41, 5.74) is 1.74. The quantitative estimate of drug-likeness (QED) is 0.578. The Kier molecular flexibility index (Phi) is 6.96. The van der Waals surface area contributed by atoms with Crippen molar-refractivity contribution in [2.75, 3.05) is 0 Å². The maximum atomic E-state index is 11.7. The monoisotopic (exact) mass is 466 g/mol. The summed E-state index contributed by atoms with van der Waals surface area (Å²) in [6.45, 7) is 0. The van der Waals surface area contributed by atoms with Gasteiger partial charge in [-0.1, -0.05) is 68.3 Å². The van der Waals surface area contributed by atoms with Crippen LogP contribution in [0, 0.1) is 5.92 Å². The van der Waals surface area contributed by atoms with E-state index in [4.69, 9.17) is 5.11 Å². The lowest BCUT2D eigenvalue weighted by Crippen LogP contribution is -2.19. The number of hydrogen-bond donors (Lipinski definition) is 2. The summed E-state index contributed by atoms with van der Waals surface area (Å²) in [6.07, 6.45) is 1.61. The summed E-state index contributed by atoms with van der Waals surface area (Å²) in [5, 5.41) is 18.6. The molecule has 0 aliphatic rings. The van der Waals surface area contributed by atoms with Crippen LogP contribution in [0.15, 0.2) is 69.1 Å². The third-order valence-electron chi connectivity index (χ3n) is 3.81. The van der Waals surface area contributed by atoms with Gasteiger partial charge in [-0.2, -0.15) is 0 Å². The number of halogens is 2. The van der Waals surface area contributed by atoms with E-state index in [2.05, 4.69) is 31.9 Å². The molecule has 0 saturated carbocycles. The lowest BCUT2D eigenvalue weighted by Gasteiger charge is -2.19. The average molecular weight is 468 g/mol. The topological polar surface area (TPSA) is 74.6 Å². The fourth-order valence-electron chi connectivity index (χ4n) is 2.64. The molecule has 130 valence electrons. The van der Waals surface area contributed by atoms with Crippen molar-refractivity contribution in [3.05, 3.63) is 80.3 Å². The highest BCUT2D eigenvalue weighted by atomic mass is 79.9. The van der Waals surface area contributed by atoms with Crippen LogP contribution in [0.5, 0.6) is 0 Å². The number of rotatable bonds is 7. The van der Waals surface area contributed by atoms with E-state index in [0.29, 0.717) is 12.8 Å². The van der Waals surface area contributed by atoms with Gasteiger partial charge in [-0.05, 0) is 42.0 Å². The molecular formula is C19H16Br2O4. The van der Waals surface area contributed by atoms with Crippen LogP contribution in [0.25, 0.3) is 0 Å². The maximum Gasteiger partial charge on any atom is 0.332 e. The van der Waals surface area contributed by atoms with Crippen molar-refractivity contribution in [1.29, 1.82) is 0 Å². The van der Waals surface area contributed by atoms with Crippen LogP contribution < -0.4 is 0 Å². The Morgan fingerprint density at radius 2 is 1.32 bits per heavy atom. The Labute approximate surface area is 162 Å². The molecule has 2 aromatic carbocycles. The van der Waals surface area contributed by atoms with Gasteiger partial charge in [-0.15, -0.1) is 0 Å². The Morgan fingerprint density at radius 3 is 1.68 bits per heavy atom. The van der Waals surface area contributed by atoms with E-state index < -0.39 is 17.9 Å². The van der Waals surface area contributed by atoms with Crippen LogP contribution in [-0.2, 0) is 22.4 Å². The minimum atomic E-state index is -1.26. The van der Waals surface area contributed by atoms with Crippen LogP contribution in [0.4, 0.5) is 0 Å². The Bertz CT molecular complexity index is 767. The molecule has 6 heteroatoms. The summed E-state index contributed by atoms with van der Waals surface area (Å²) in [7, 11) is 0. The smallest absolute Gasteiger partial charge is 0.332 e. The molecular weight excluding hydrogens is 452 g/mol. The van der Waals surface area contributed by atoms with Gasteiger partial charge in [0, 0.05) is 20.6 Å². The molecule has 0 unspecified atom stereocenters. The molecule has 0 aromatic heterocycles. The van der Waals surface area contributed by atoms with E-state index >= 15 is 0 Å². The molecule has 2 aromatic rings. The largest absolute Gasteiger partial charge is 0.478 e. The van der Waals surface area contributed by atoms with Crippen molar-refractivity contribution in [2.45, 2.75) is 12.8 Å². The molecule has 0 amide bonds. The number of carboxylic acids is 2. The molecule has 0 aliphatic heterocycles. The SMILES string of the molecule is O=C(O)/C=C(/C(=O)O)C(Cc1ccccc1Br)Cc1ccccc1Br. The first kappa shape index (κ1) is 19.4. The van der Waals surface area contributed by atoms with Gasteiger partial charge in [0.2, 0.25) is 0 Å². The van der Waals surface area contributed by atoms with Crippen LogP contribution in [-0.4, -0.2) is 22.2 Å². The van der Waals surface area contributed by atoms with Gasteiger partial charge in [0.25, 0.3) is 0 Å². The first-order valence-corrected chi connectivity index (χ1v) is 9.11. The number of aliphatic carboxylic acids is 2. The van der Waals surface area contributed by atoms with Gasteiger partial charge in [0.15, 0.2) is 0 Å². The van der Waals surface area contributed by atoms with Gasteiger partial charge in [0.05, 0.1) is 0 Å². The predicted molar refractivity (Wildman–Crippen MR) is 103 cm³/mol. The highest BCUT2D eigenvalue weighted by Crippen LogP contribution is 2.28. The number of hydrogen-bond acceptors (Lipinski definition) is 2. The van der Waals surface area contributed by atoms with Crippen LogP contribution in [0.3, 0.4) is 0 Å². The minimum Gasteiger partial charge on any atom is -0.478 e. The minimum absolute atomic E-state index is 0.112. The predicted octanol–water partition coefficient (Wildman–Crippen LogP) is 4.71. The first-order valence-electron chi connectivity index (χ1n) is 7.53. The zero-order valence-electron chi connectivity index (χ0n) is 13.2. The van der Waals surface area contributed by atoms with Crippen molar-refractivity contribution in [2.24, 2.45) is 5.92 Å². The van der Waals surface area contributed by atoms with Gasteiger partial charge < -0.3 is 10.2 Å². The number of carboxylic acid groups (broad SMARTS) is 2. The van der Waals surface area contributed by atoms with E-state index in [-0.39, 0.29) is 5.57 Å². The second-order valence-corrected chi connectivity index (χ2v) is 7.24. The van der Waals surface area contributed by atoms with E-state index in [1.165, 1.54) is 0 Å². The highest BCUT2D eigenvalue weighted by molar-refractivity contribution is 9.10. The van der Waals surface area contributed by atoms with E-state index in [1.54, 1.807) is 0 Å². The molecule has 0 saturated heterocycles. The molecule has 0 bridgehead atoms. The van der Waals surface area contributed by atoms with Gasteiger partial charge in [-0.25, -0.2) is 9.59 Å². The van der Waals surface area contributed by atoms with Gasteiger partial charge in [-0.3, -0.25) is 0 Å². The first-order chi connectivity index (χ1) is 11.9. The summed E-state index contributed by atoms with van der Waals surface area (Å²) in [5.74, 6) is -2.96. The molecule has 2 N–H and O–H groups in total. The number of carbonyl (C=O) groups is 2. The lowest BCUT2D eigenvalue weighted by molar-refractivity contribution is -0.135. The fourth-order valence-corrected chi connectivity index (χ4v) is 3.53. The molecule has 0 heterocycles. The Hall–Kier alpha value is -1.92. The standard InChI is InChI=1S/C19H16Br2O4/c20-16-7-3-1-5-12(16)9-14(15(19(24)25)11-18(22)23)10-13-6-2-4-8-17(13)21/h1-8,11,14H,9-10H2,(H,22,23)(H,24,25)/b15-11+. The summed E-state index contributed by atoms with van der Waals surface area (Å²) >= 11 is 6.94. The summed E-state index contributed by atoms with van der Waals surface area (Å²) < 4.78 is 1.74. The third kappa shape index (κ3) is 5.54. The molecule has 0 atom stereocenters. The second-order valence-electron chi connectivity index (χ2n) is 5.53. The zero-order valence-corrected chi connectivity index (χ0v) is 16.3. The summed E-state index contributed by atoms with van der Waals surface area (Å²) in [6, 6.07) is 15.1. The maximum absolute atomic E-state index is 11.7. The van der Waals surface area contributed by atoms with Crippen LogP contribution in [0.2, 0.25) is 0 Å². The lowest BCUT2D eigenvalue weighted by atomic mass is 9.86. The fraction of sp³-hybridized carbons (Fsp3) is 0.158. The molecule has 25 heavy (non-hydrogen) atoms. The van der Waals surface area contributed by atoms with Crippen molar-refractivity contribution >= 4 is 43.8 Å². The molecule has 4 nitrogen and oxygen atoms in total. The van der Waals surface area contributed by atoms with Crippen LogP contribution in [0.1, 0.15) is 11.1 Å². The molecule has 0 spiro atoms. The second kappa shape index (κ2) is 8.97. The molecule has 0 aliphatic carbocycles. The van der Waals surface area contributed by atoms with Crippen molar-refractivity contribution in [3.63, 3.8) is 0 Å². The van der Waals surface area contributed by atoms with E-state index in [9.17, 15) is 14.7 Å². The van der Waals surface area contributed by atoms with Crippen LogP contribution >= 0.6 is 31.9 Å².